The first kappa shape index (κ1) is 28.6. The summed E-state index contributed by atoms with van der Waals surface area (Å²) in [5, 5.41) is 9.60. The van der Waals surface area contributed by atoms with E-state index in [1.807, 2.05) is 0 Å². The highest BCUT2D eigenvalue weighted by molar-refractivity contribution is 6.29. The van der Waals surface area contributed by atoms with Crippen molar-refractivity contribution < 1.29 is 0 Å². The molecule has 1 aliphatic rings. The van der Waals surface area contributed by atoms with Gasteiger partial charge in [-0.2, -0.15) is 0 Å². The first-order chi connectivity index (χ1) is 26.3. The maximum absolute atomic E-state index is 5.74. The summed E-state index contributed by atoms with van der Waals surface area (Å²) >= 11 is 0. The van der Waals surface area contributed by atoms with Crippen molar-refractivity contribution in [1.29, 1.82) is 0 Å². The van der Waals surface area contributed by atoms with Crippen LogP contribution in [0.2, 0.25) is 0 Å². The lowest BCUT2D eigenvalue weighted by molar-refractivity contribution is 1.08. The number of fused-ring (bicyclic) bond motifs is 8. The second-order valence-corrected chi connectivity index (χ2v) is 14.0. The molecule has 3 nitrogen and oxygen atoms in total. The number of nitrogens with zero attached hydrogens (tertiary/aromatic N) is 3. The molecule has 11 aromatic rings. The Hall–Kier alpha value is -7.10. The van der Waals surface area contributed by atoms with Crippen LogP contribution >= 0.6 is 0 Å². The van der Waals surface area contributed by atoms with Gasteiger partial charge in [-0.3, -0.25) is 4.57 Å². The van der Waals surface area contributed by atoms with Crippen molar-refractivity contribution in [2.45, 2.75) is 0 Å². The average Bonchev–Trinajstić information content (AvgIpc) is 3.51. The molecular formula is C50H29N3. The van der Waals surface area contributed by atoms with Gasteiger partial charge in [-0.15, -0.1) is 0 Å². The Labute approximate surface area is 305 Å². The van der Waals surface area contributed by atoms with Gasteiger partial charge in [-0.25, -0.2) is 9.97 Å². The predicted octanol–water partition coefficient (Wildman–Crippen LogP) is 13.2. The van der Waals surface area contributed by atoms with Gasteiger partial charge in [0.15, 0.2) is 5.82 Å². The molecule has 0 spiro atoms. The molecule has 0 atom stereocenters. The number of benzene rings is 9. The zero-order valence-electron chi connectivity index (χ0n) is 28.6. The molecule has 2 heterocycles. The Balaban J connectivity index is 1.31. The van der Waals surface area contributed by atoms with Gasteiger partial charge in [-0.05, 0) is 61.5 Å². The van der Waals surface area contributed by atoms with Gasteiger partial charge in [0.05, 0.1) is 22.1 Å². The standard InChI is InChI=1S/C50H29N3/c1-3-14-30(15-4-1)33-28-29-42-46-44(33)40-26-12-19-31-18-11-24-36(43(31)40)37-25-13-27-41(45(37)46)53(42)50-47(32-16-5-2-6-17-32)51-48-38-22-9-7-20-34(38)35-21-8-10-23-39(35)49(48)52-50/h1-29H. The van der Waals surface area contributed by atoms with Gasteiger partial charge in [0, 0.05) is 32.7 Å². The molecular weight excluding hydrogens is 643 g/mol. The molecule has 12 rings (SSSR count). The molecule has 53 heavy (non-hydrogen) atoms. The van der Waals surface area contributed by atoms with Crippen molar-refractivity contribution in [3.8, 4) is 50.5 Å². The highest BCUT2D eigenvalue weighted by Crippen LogP contribution is 2.52. The first-order valence-corrected chi connectivity index (χ1v) is 18.2. The van der Waals surface area contributed by atoms with E-state index in [9.17, 15) is 0 Å². The van der Waals surface area contributed by atoms with E-state index in [1.165, 1.54) is 65.7 Å². The van der Waals surface area contributed by atoms with Crippen LogP contribution in [0.3, 0.4) is 0 Å². The largest absolute Gasteiger partial charge is 0.292 e. The van der Waals surface area contributed by atoms with Gasteiger partial charge < -0.3 is 0 Å². The fraction of sp³-hybridized carbons (Fsp3) is 0. The van der Waals surface area contributed by atoms with Gasteiger partial charge >= 0.3 is 0 Å². The van der Waals surface area contributed by atoms with Crippen LogP contribution in [0, 0.1) is 0 Å². The highest BCUT2D eigenvalue weighted by atomic mass is 15.1. The van der Waals surface area contributed by atoms with Crippen LogP contribution in [0.4, 0.5) is 0 Å². The Morgan fingerprint density at radius 3 is 1.58 bits per heavy atom. The highest BCUT2D eigenvalue weighted by Gasteiger charge is 2.29. The summed E-state index contributed by atoms with van der Waals surface area (Å²) in [7, 11) is 0. The lowest BCUT2D eigenvalue weighted by Crippen LogP contribution is -2.04. The molecule has 0 N–H and O–H groups in total. The van der Waals surface area contributed by atoms with Crippen LogP contribution in [-0.2, 0) is 0 Å². The maximum Gasteiger partial charge on any atom is 0.165 e. The number of aromatic nitrogens is 3. The Bertz CT molecular complexity index is 3320. The van der Waals surface area contributed by atoms with Crippen molar-refractivity contribution >= 4 is 65.2 Å². The fourth-order valence-electron chi connectivity index (χ4n) is 9.11. The molecule has 2 aromatic heterocycles. The molecule has 1 aliphatic carbocycles. The molecule has 0 unspecified atom stereocenters. The minimum atomic E-state index is 0.826. The zero-order chi connectivity index (χ0) is 34.6. The monoisotopic (exact) mass is 671 g/mol. The van der Waals surface area contributed by atoms with Crippen LogP contribution in [0.25, 0.3) is 116 Å². The molecule has 244 valence electrons. The topological polar surface area (TPSA) is 30.7 Å². The van der Waals surface area contributed by atoms with E-state index in [-0.39, 0.29) is 0 Å². The van der Waals surface area contributed by atoms with E-state index >= 15 is 0 Å². The molecule has 0 fully saturated rings. The Morgan fingerprint density at radius 1 is 0.340 bits per heavy atom. The lowest BCUT2D eigenvalue weighted by Gasteiger charge is -2.18. The third kappa shape index (κ3) is 3.88. The molecule has 0 saturated carbocycles. The molecule has 0 saturated heterocycles. The Kier molecular flexibility index (Phi) is 5.77. The van der Waals surface area contributed by atoms with Gasteiger partial charge in [0.2, 0.25) is 0 Å². The summed E-state index contributed by atoms with van der Waals surface area (Å²) in [5.74, 6) is 0.826. The normalized spacial score (nSPS) is 12.2. The van der Waals surface area contributed by atoms with Crippen LogP contribution < -0.4 is 0 Å². The molecule has 0 amide bonds. The summed E-state index contributed by atoms with van der Waals surface area (Å²) < 4.78 is 2.39. The van der Waals surface area contributed by atoms with E-state index in [2.05, 4.69) is 180 Å². The van der Waals surface area contributed by atoms with Crippen LogP contribution in [0.15, 0.2) is 176 Å². The summed E-state index contributed by atoms with van der Waals surface area (Å²) in [6, 6.07) is 63.5. The molecule has 3 heteroatoms. The summed E-state index contributed by atoms with van der Waals surface area (Å²) in [6.07, 6.45) is 0. The van der Waals surface area contributed by atoms with Gasteiger partial charge in [0.25, 0.3) is 0 Å². The number of rotatable bonds is 3. The van der Waals surface area contributed by atoms with E-state index in [1.54, 1.807) is 0 Å². The fourth-order valence-corrected chi connectivity index (χ4v) is 9.11. The van der Waals surface area contributed by atoms with Crippen molar-refractivity contribution in [2.24, 2.45) is 0 Å². The minimum absolute atomic E-state index is 0.826. The van der Waals surface area contributed by atoms with Gasteiger partial charge in [0.1, 0.15) is 5.69 Å². The first-order valence-electron chi connectivity index (χ1n) is 18.2. The van der Waals surface area contributed by atoms with Crippen molar-refractivity contribution in [3.63, 3.8) is 0 Å². The van der Waals surface area contributed by atoms with Crippen molar-refractivity contribution in [1.82, 2.24) is 14.5 Å². The summed E-state index contributed by atoms with van der Waals surface area (Å²) in [4.78, 5) is 11.4. The third-order valence-electron chi connectivity index (χ3n) is 11.3. The quantitative estimate of drug-likeness (QED) is 0.175. The zero-order valence-corrected chi connectivity index (χ0v) is 28.6. The van der Waals surface area contributed by atoms with Crippen LogP contribution in [-0.4, -0.2) is 14.5 Å². The third-order valence-corrected chi connectivity index (χ3v) is 11.3. The van der Waals surface area contributed by atoms with E-state index in [4.69, 9.17) is 9.97 Å². The smallest absolute Gasteiger partial charge is 0.165 e. The SMILES string of the molecule is c1ccc(-c2ccc3c4c2-c2cccc5cccc(c25)-c2cccc(c24)n3-c2nc3c4ccccc4c4ccccc4c3nc2-c2ccccc2)cc1. The lowest BCUT2D eigenvalue weighted by atomic mass is 9.89. The minimum Gasteiger partial charge on any atom is -0.292 e. The van der Waals surface area contributed by atoms with E-state index in [0.717, 1.165) is 49.9 Å². The second kappa shape index (κ2) is 10.7. The second-order valence-electron chi connectivity index (χ2n) is 14.0. The van der Waals surface area contributed by atoms with E-state index < -0.39 is 0 Å². The Morgan fingerprint density at radius 2 is 0.887 bits per heavy atom. The predicted molar refractivity (Wildman–Crippen MR) is 222 cm³/mol. The molecule has 9 aromatic carbocycles. The van der Waals surface area contributed by atoms with E-state index in [0.29, 0.717) is 0 Å². The average molecular weight is 672 g/mol. The number of hydrogen-bond acceptors (Lipinski definition) is 2. The molecule has 0 aliphatic heterocycles. The molecule has 0 radical (unpaired) electrons. The van der Waals surface area contributed by atoms with Crippen LogP contribution in [0.5, 0.6) is 0 Å². The maximum atomic E-state index is 5.74. The molecule has 0 bridgehead atoms. The van der Waals surface area contributed by atoms with Gasteiger partial charge in [-0.1, -0.05) is 164 Å². The van der Waals surface area contributed by atoms with Crippen LogP contribution in [0.1, 0.15) is 0 Å². The van der Waals surface area contributed by atoms with Crippen molar-refractivity contribution in [2.75, 3.05) is 0 Å². The number of hydrogen-bond donors (Lipinski definition) is 0. The summed E-state index contributed by atoms with van der Waals surface area (Å²) in [5.41, 5.74) is 13.4. The van der Waals surface area contributed by atoms with Crippen molar-refractivity contribution in [3.05, 3.63) is 176 Å². The summed E-state index contributed by atoms with van der Waals surface area (Å²) in [6.45, 7) is 0.